The van der Waals surface area contributed by atoms with E-state index in [4.69, 9.17) is 3.87 Å². The van der Waals surface area contributed by atoms with Gasteiger partial charge in [-0.25, -0.2) is 0 Å². The van der Waals surface area contributed by atoms with Crippen LogP contribution in [0.5, 0.6) is 0 Å². The molecule has 0 heterocycles. The van der Waals surface area contributed by atoms with Crippen LogP contribution in [0.2, 0.25) is 17.6 Å². The van der Waals surface area contributed by atoms with E-state index in [0.717, 1.165) is 5.56 Å². The van der Waals surface area contributed by atoms with Crippen molar-refractivity contribution in [2.24, 2.45) is 0 Å². The molecule has 0 spiro atoms. The van der Waals surface area contributed by atoms with Crippen molar-refractivity contribution in [2.75, 3.05) is 0 Å². The molecule has 0 bridgehead atoms. The van der Waals surface area contributed by atoms with Gasteiger partial charge in [0.2, 0.25) is 8.32 Å². The highest BCUT2D eigenvalue weighted by molar-refractivity contribution is 7.87. The molecule has 20 heavy (non-hydrogen) atoms. The van der Waals surface area contributed by atoms with Crippen molar-refractivity contribution in [3.63, 3.8) is 0 Å². The van der Waals surface area contributed by atoms with E-state index >= 15 is 0 Å². The second-order valence-electron chi connectivity index (χ2n) is 6.32. The summed E-state index contributed by atoms with van der Waals surface area (Å²) in [5.74, 6) is 0. The minimum Gasteiger partial charge on any atom is -0.310 e. The fourth-order valence-electron chi connectivity index (χ4n) is 1.74. The van der Waals surface area contributed by atoms with E-state index in [1.807, 2.05) is 34.2 Å². The zero-order valence-electron chi connectivity index (χ0n) is 12.9. The van der Waals surface area contributed by atoms with Gasteiger partial charge in [-0.05, 0) is 36.7 Å². The summed E-state index contributed by atoms with van der Waals surface area (Å²) >= 11 is 0. The van der Waals surface area contributed by atoms with Crippen LogP contribution >= 0.6 is 0 Å². The Morgan fingerprint density at radius 1 is 1.25 bits per heavy atom. The summed E-state index contributed by atoms with van der Waals surface area (Å²) in [6, 6.07) is 7.34. The van der Waals surface area contributed by atoms with Crippen molar-refractivity contribution in [3.05, 3.63) is 42.5 Å². The van der Waals surface area contributed by atoms with Gasteiger partial charge in [-0.15, -0.1) is 6.58 Å². The average molecular weight is 313 g/mol. The van der Waals surface area contributed by atoms with Gasteiger partial charge < -0.3 is 3.87 Å². The van der Waals surface area contributed by atoms with Crippen LogP contribution in [-0.4, -0.2) is 16.7 Å². The van der Waals surface area contributed by atoms with Crippen molar-refractivity contribution in [2.45, 2.75) is 50.2 Å². The SMILES string of the molecule is C=CC[Si](C)(OS(=O)(=O)c1ccc(C)cc1)C(C)(C)C. The molecule has 0 saturated heterocycles. The second-order valence-corrected chi connectivity index (χ2v) is 12.7. The third-order valence-electron chi connectivity index (χ3n) is 3.72. The number of allylic oxidation sites excluding steroid dienone is 1. The molecule has 0 radical (unpaired) electrons. The molecule has 112 valence electrons. The van der Waals surface area contributed by atoms with Crippen LogP contribution < -0.4 is 0 Å². The Labute approximate surface area is 123 Å². The fraction of sp³-hybridized carbons (Fsp3) is 0.467. The molecule has 1 unspecified atom stereocenters. The van der Waals surface area contributed by atoms with Crippen LogP contribution in [0, 0.1) is 6.92 Å². The second kappa shape index (κ2) is 5.83. The van der Waals surface area contributed by atoms with Gasteiger partial charge in [0.05, 0.1) is 4.90 Å². The maximum absolute atomic E-state index is 12.5. The van der Waals surface area contributed by atoms with Gasteiger partial charge >= 0.3 is 0 Å². The van der Waals surface area contributed by atoms with E-state index in [2.05, 4.69) is 6.58 Å². The van der Waals surface area contributed by atoms with Crippen molar-refractivity contribution in [3.8, 4) is 0 Å². The predicted molar refractivity (Wildman–Crippen MR) is 85.8 cm³/mol. The summed E-state index contributed by atoms with van der Waals surface area (Å²) in [6.07, 6.45) is 1.75. The normalized spacial score (nSPS) is 15.7. The monoisotopic (exact) mass is 312 g/mol. The molecule has 1 atom stereocenters. The molecular weight excluding hydrogens is 288 g/mol. The first-order chi connectivity index (χ1) is 9.02. The zero-order valence-corrected chi connectivity index (χ0v) is 14.8. The topological polar surface area (TPSA) is 43.4 Å². The first-order valence-corrected chi connectivity index (χ1v) is 10.7. The highest BCUT2D eigenvalue weighted by Gasteiger charge is 2.45. The van der Waals surface area contributed by atoms with Gasteiger partial charge in [-0.3, -0.25) is 0 Å². The van der Waals surface area contributed by atoms with Crippen LogP contribution in [0.4, 0.5) is 0 Å². The molecule has 5 heteroatoms. The number of aryl methyl sites for hydroxylation is 1. The lowest BCUT2D eigenvalue weighted by Gasteiger charge is -2.37. The third-order valence-corrected chi connectivity index (χ3v) is 11.2. The minimum absolute atomic E-state index is 0.195. The number of hydrogen-bond donors (Lipinski definition) is 0. The fourth-order valence-corrected chi connectivity index (χ4v) is 6.96. The summed E-state index contributed by atoms with van der Waals surface area (Å²) < 4.78 is 30.6. The van der Waals surface area contributed by atoms with Crippen molar-refractivity contribution in [1.29, 1.82) is 0 Å². The van der Waals surface area contributed by atoms with Crippen LogP contribution in [0.3, 0.4) is 0 Å². The molecule has 0 N–H and O–H groups in total. The van der Waals surface area contributed by atoms with Gasteiger partial charge in [0.1, 0.15) is 0 Å². The maximum atomic E-state index is 12.5. The Hall–Kier alpha value is -0.913. The standard InChI is InChI=1S/C15H24O3SSi/c1-7-12-20(6,15(3,4)5)18-19(16,17)14-10-8-13(2)9-11-14/h7-11H,1,12H2,2-6H3. The van der Waals surface area contributed by atoms with E-state index in [1.165, 1.54) is 0 Å². The lowest BCUT2D eigenvalue weighted by Crippen LogP contribution is -2.45. The molecule has 0 saturated carbocycles. The van der Waals surface area contributed by atoms with Gasteiger partial charge in [0.15, 0.2) is 0 Å². The predicted octanol–water partition coefficient (Wildman–Crippen LogP) is 4.26. The Bertz CT molecular complexity index is 570. The van der Waals surface area contributed by atoms with Crippen molar-refractivity contribution >= 4 is 18.4 Å². The van der Waals surface area contributed by atoms with Crippen LogP contribution in [0.25, 0.3) is 0 Å². The van der Waals surface area contributed by atoms with E-state index in [1.54, 1.807) is 30.3 Å². The first kappa shape index (κ1) is 17.1. The van der Waals surface area contributed by atoms with Crippen molar-refractivity contribution in [1.82, 2.24) is 0 Å². The Morgan fingerprint density at radius 2 is 1.75 bits per heavy atom. The van der Waals surface area contributed by atoms with E-state index in [9.17, 15) is 8.42 Å². The van der Waals surface area contributed by atoms with E-state index < -0.39 is 18.4 Å². The molecule has 1 rings (SSSR count). The zero-order chi connectivity index (χ0) is 15.6. The molecule has 0 aliphatic rings. The van der Waals surface area contributed by atoms with E-state index in [-0.39, 0.29) is 9.93 Å². The van der Waals surface area contributed by atoms with Gasteiger partial charge in [0, 0.05) is 0 Å². The summed E-state index contributed by atoms with van der Waals surface area (Å²) in [7, 11) is -6.21. The van der Waals surface area contributed by atoms with E-state index in [0.29, 0.717) is 6.04 Å². The number of benzene rings is 1. The average Bonchev–Trinajstić information content (AvgIpc) is 2.27. The molecule has 1 aromatic rings. The summed E-state index contributed by atoms with van der Waals surface area (Å²) in [6.45, 7) is 13.7. The smallest absolute Gasteiger partial charge is 0.287 e. The Morgan fingerprint density at radius 3 is 2.15 bits per heavy atom. The summed E-state index contributed by atoms with van der Waals surface area (Å²) in [4.78, 5) is 0.218. The number of rotatable bonds is 5. The van der Waals surface area contributed by atoms with Gasteiger partial charge in [0.25, 0.3) is 10.1 Å². The van der Waals surface area contributed by atoms with Crippen LogP contribution in [0.15, 0.2) is 41.8 Å². The van der Waals surface area contributed by atoms with Crippen LogP contribution in [0.1, 0.15) is 26.3 Å². The quantitative estimate of drug-likeness (QED) is 0.602. The van der Waals surface area contributed by atoms with Crippen LogP contribution in [-0.2, 0) is 14.0 Å². The third kappa shape index (κ3) is 3.81. The maximum Gasteiger partial charge on any atom is 0.287 e. The molecule has 0 aliphatic heterocycles. The summed E-state index contributed by atoms with van der Waals surface area (Å²) in [5, 5.41) is -0.195. The molecule has 1 aromatic carbocycles. The number of hydrogen-bond acceptors (Lipinski definition) is 3. The van der Waals surface area contributed by atoms with Crippen molar-refractivity contribution < 1.29 is 12.3 Å². The molecule has 0 fully saturated rings. The molecule has 0 amide bonds. The molecular formula is C15H24O3SSi. The van der Waals surface area contributed by atoms with Gasteiger partial charge in [-0.1, -0.05) is 44.5 Å². The lowest BCUT2D eigenvalue weighted by atomic mass is 10.2. The highest BCUT2D eigenvalue weighted by Crippen LogP contribution is 2.41. The minimum atomic E-state index is -3.73. The molecule has 0 aromatic heterocycles. The Kier molecular flexibility index (Phi) is 5.00. The Balaban J connectivity index is 3.16. The largest absolute Gasteiger partial charge is 0.310 e. The lowest BCUT2D eigenvalue weighted by molar-refractivity contribution is 0.453. The highest BCUT2D eigenvalue weighted by atomic mass is 32.2. The summed E-state index contributed by atoms with van der Waals surface area (Å²) in [5.41, 5.74) is 1.02. The molecule has 3 nitrogen and oxygen atoms in total. The first-order valence-electron chi connectivity index (χ1n) is 6.65. The van der Waals surface area contributed by atoms with Gasteiger partial charge in [-0.2, -0.15) is 8.42 Å². The molecule has 0 aliphatic carbocycles.